The molecule has 14 heteroatoms. The molecule has 6 atom stereocenters. The number of sulfonamides is 1. The Morgan fingerprint density at radius 2 is 1.54 bits per heavy atom. The molecule has 282 valence electrons. The number of fused-ring (bicyclic) bond motifs is 3. The van der Waals surface area contributed by atoms with Crippen LogP contribution in [0.15, 0.2) is 0 Å². The molecule has 5 fully saturated rings. The molecule has 0 bridgehead atoms. The van der Waals surface area contributed by atoms with Gasteiger partial charge in [-0.05, 0) is 55.8 Å². The van der Waals surface area contributed by atoms with E-state index in [1.54, 1.807) is 4.90 Å². The third-order valence-corrected chi connectivity index (χ3v) is 15.0. The molecular weight excluding hydrogens is 660 g/mol. The van der Waals surface area contributed by atoms with E-state index in [-0.39, 0.29) is 23.2 Å². The largest absolute Gasteiger partial charge is 0.349 e. The number of ketones is 1. The Labute approximate surface area is 298 Å². The Balaban J connectivity index is 1.37. The molecule has 3 saturated heterocycles. The van der Waals surface area contributed by atoms with E-state index < -0.39 is 62.6 Å². The molecule has 5 aliphatic rings. The van der Waals surface area contributed by atoms with Crippen LogP contribution < -0.4 is 21.3 Å². The predicted molar refractivity (Wildman–Crippen MR) is 189 cm³/mol. The van der Waals surface area contributed by atoms with Crippen molar-refractivity contribution in [3.05, 3.63) is 0 Å². The molecule has 0 aromatic rings. The maximum atomic E-state index is 14.4. The van der Waals surface area contributed by atoms with Crippen molar-refractivity contribution in [2.75, 3.05) is 26.2 Å². The second-order valence-electron chi connectivity index (χ2n) is 16.0. The Morgan fingerprint density at radius 3 is 2.18 bits per heavy atom. The third-order valence-electron chi connectivity index (χ3n) is 12.4. The molecule has 2 aliphatic carbocycles. The summed E-state index contributed by atoms with van der Waals surface area (Å²) < 4.78 is 28.6. The van der Waals surface area contributed by atoms with Crippen LogP contribution in [0.25, 0.3) is 0 Å². The standard InChI is InChI=1S/C36H60N6O7S/c1-5-21-37-32(45)30(43)25-16-12-9-7-8-10-13-17-26(33(46)42-23-24-28(35(24,3)4)29(42)31(44)38-25)39-34(47)40-36(19-14-11-15-20-36)27-18-22-41(6-2)50(27,48)49/h24-29H,5-23H2,1-4H3,(H,37,45)(H,38,44)(H2,39,40,47)/t24-,25+,26+,27+,28-,29-/m0/s1. The van der Waals surface area contributed by atoms with Crippen LogP contribution >= 0.6 is 0 Å². The van der Waals surface area contributed by atoms with Gasteiger partial charge in [-0.1, -0.05) is 85.5 Å². The fraction of sp³-hybridized carbons (Fsp3) is 0.861. The molecule has 0 aromatic carbocycles. The zero-order valence-electron chi connectivity index (χ0n) is 30.6. The number of carbonyl (C=O) groups is 5. The van der Waals surface area contributed by atoms with Crippen molar-refractivity contribution in [1.82, 2.24) is 30.5 Å². The highest BCUT2D eigenvalue weighted by Gasteiger charge is 2.69. The first-order valence-electron chi connectivity index (χ1n) is 19.3. The van der Waals surface area contributed by atoms with Gasteiger partial charge in [-0.2, -0.15) is 0 Å². The number of urea groups is 1. The van der Waals surface area contributed by atoms with Gasteiger partial charge in [0.25, 0.3) is 5.91 Å². The van der Waals surface area contributed by atoms with Crippen molar-refractivity contribution in [1.29, 1.82) is 0 Å². The fourth-order valence-electron chi connectivity index (χ4n) is 9.43. The van der Waals surface area contributed by atoms with E-state index in [1.165, 1.54) is 4.31 Å². The average Bonchev–Trinajstić information content (AvgIpc) is 3.36. The summed E-state index contributed by atoms with van der Waals surface area (Å²) in [6.45, 7) is 9.44. The van der Waals surface area contributed by atoms with Crippen molar-refractivity contribution in [2.24, 2.45) is 17.3 Å². The van der Waals surface area contributed by atoms with E-state index in [9.17, 15) is 32.4 Å². The van der Waals surface area contributed by atoms with Crippen molar-refractivity contribution in [2.45, 2.75) is 153 Å². The number of hydrogen-bond acceptors (Lipinski definition) is 7. The van der Waals surface area contributed by atoms with Gasteiger partial charge in [0.1, 0.15) is 12.1 Å². The summed E-state index contributed by atoms with van der Waals surface area (Å²) >= 11 is 0. The van der Waals surface area contributed by atoms with Gasteiger partial charge in [0, 0.05) is 26.2 Å². The Kier molecular flexibility index (Phi) is 12.2. The first kappa shape index (κ1) is 38.5. The minimum atomic E-state index is -3.59. The maximum absolute atomic E-state index is 14.4. The minimum absolute atomic E-state index is 0.0946. The molecule has 0 radical (unpaired) electrons. The predicted octanol–water partition coefficient (Wildman–Crippen LogP) is 2.98. The van der Waals surface area contributed by atoms with Crippen LogP contribution in [-0.2, 0) is 29.2 Å². The SMILES string of the molecule is CCCNC(=O)C(=O)[C@H]1CCCCCCCC[C@@H](NC(=O)NC2([C@H]3CCN(CC)S3(=O)=O)CCCCC2)C(=O)N2C[C@H]3[C@@H]([C@H]2C(=O)N1)C3(C)C. The van der Waals surface area contributed by atoms with Crippen LogP contribution in [0, 0.1) is 17.3 Å². The molecule has 0 aromatic heterocycles. The molecule has 3 aliphatic heterocycles. The lowest BCUT2D eigenvalue weighted by molar-refractivity contribution is -0.144. The topological polar surface area (TPSA) is 174 Å². The van der Waals surface area contributed by atoms with Gasteiger partial charge in [0.15, 0.2) is 0 Å². The number of nitrogens with one attached hydrogen (secondary N) is 4. The van der Waals surface area contributed by atoms with E-state index in [4.69, 9.17) is 0 Å². The first-order valence-corrected chi connectivity index (χ1v) is 20.8. The Morgan fingerprint density at radius 1 is 0.900 bits per heavy atom. The quantitative estimate of drug-likeness (QED) is 0.279. The second kappa shape index (κ2) is 15.9. The van der Waals surface area contributed by atoms with E-state index in [0.29, 0.717) is 77.5 Å². The summed E-state index contributed by atoms with van der Waals surface area (Å²) in [5.74, 6) is -2.18. The van der Waals surface area contributed by atoms with Crippen LogP contribution in [0.3, 0.4) is 0 Å². The molecular formula is C36H60N6O7S. The zero-order valence-corrected chi connectivity index (χ0v) is 31.4. The number of carbonyl (C=O) groups excluding carboxylic acids is 5. The van der Waals surface area contributed by atoms with E-state index in [2.05, 4.69) is 35.1 Å². The van der Waals surface area contributed by atoms with Crippen molar-refractivity contribution in [3.63, 3.8) is 0 Å². The normalized spacial score (nSPS) is 32.8. The number of Topliss-reactive ketones (excluding diaryl/α,β-unsaturated/α-hetero) is 1. The maximum Gasteiger partial charge on any atom is 0.315 e. The van der Waals surface area contributed by atoms with Crippen LogP contribution in [0.5, 0.6) is 0 Å². The number of hydrogen-bond donors (Lipinski definition) is 4. The molecule has 3 heterocycles. The van der Waals surface area contributed by atoms with Gasteiger partial charge in [0.05, 0.1) is 16.8 Å². The second-order valence-corrected chi connectivity index (χ2v) is 18.1. The van der Waals surface area contributed by atoms with Crippen molar-refractivity contribution >= 4 is 39.6 Å². The highest BCUT2D eigenvalue weighted by Crippen LogP contribution is 2.65. The summed E-state index contributed by atoms with van der Waals surface area (Å²) in [7, 11) is -3.59. The molecule has 5 amide bonds. The van der Waals surface area contributed by atoms with Crippen LogP contribution in [-0.4, -0.2) is 102 Å². The van der Waals surface area contributed by atoms with Crippen molar-refractivity contribution in [3.8, 4) is 0 Å². The van der Waals surface area contributed by atoms with Gasteiger partial charge in [-0.3, -0.25) is 19.2 Å². The summed E-state index contributed by atoms with van der Waals surface area (Å²) in [5.41, 5.74) is -1.09. The third kappa shape index (κ3) is 7.85. The molecule has 5 rings (SSSR count). The van der Waals surface area contributed by atoms with Crippen LogP contribution in [0.1, 0.15) is 124 Å². The molecule has 2 saturated carbocycles. The van der Waals surface area contributed by atoms with Gasteiger partial charge in [0.2, 0.25) is 27.6 Å². The minimum Gasteiger partial charge on any atom is -0.349 e. The fourth-order valence-corrected chi connectivity index (χ4v) is 11.8. The molecule has 0 unspecified atom stereocenters. The van der Waals surface area contributed by atoms with Crippen LogP contribution in [0.2, 0.25) is 0 Å². The van der Waals surface area contributed by atoms with Gasteiger partial charge in [-0.25, -0.2) is 17.5 Å². The Bertz CT molecular complexity index is 1400. The van der Waals surface area contributed by atoms with E-state index >= 15 is 0 Å². The first-order chi connectivity index (χ1) is 23.8. The zero-order chi connectivity index (χ0) is 36.3. The number of nitrogens with zero attached hydrogens (tertiary/aromatic N) is 2. The summed E-state index contributed by atoms with van der Waals surface area (Å²) in [5, 5.41) is 10.9. The van der Waals surface area contributed by atoms with Crippen molar-refractivity contribution < 1.29 is 32.4 Å². The summed E-state index contributed by atoms with van der Waals surface area (Å²) in [6, 6.07) is -3.27. The lowest BCUT2D eigenvalue weighted by atomic mass is 9.78. The monoisotopic (exact) mass is 720 g/mol. The molecule has 13 nitrogen and oxygen atoms in total. The number of piperidine rings is 1. The van der Waals surface area contributed by atoms with Gasteiger partial charge < -0.3 is 26.2 Å². The molecule has 0 spiro atoms. The Hall–Kier alpha value is -2.74. The lowest BCUT2D eigenvalue weighted by Crippen LogP contribution is -2.64. The summed E-state index contributed by atoms with van der Waals surface area (Å²) in [4.78, 5) is 70.0. The van der Waals surface area contributed by atoms with Gasteiger partial charge >= 0.3 is 6.03 Å². The average molecular weight is 721 g/mol. The highest BCUT2D eigenvalue weighted by atomic mass is 32.2. The van der Waals surface area contributed by atoms with E-state index in [1.807, 2.05) is 13.8 Å². The van der Waals surface area contributed by atoms with E-state index in [0.717, 1.165) is 44.9 Å². The molecule has 50 heavy (non-hydrogen) atoms. The summed E-state index contributed by atoms with van der Waals surface area (Å²) in [6.07, 6.45) is 10.5. The smallest absolute Gasteiger partial charge is 0.315 e. The lowest BCUT2D eigenvalue weighted by Gasteiger charge is -2.42. The number of rotatable bonds is 8. The highest BCUT2D eigenvalue weighted by molar-refractivity contribution is 7.90. The molecule has 4 N–H and O–H groups in total. The van der Waals surface area contributed by atoms with Gasteiger partial charge in [-0.15, -0.1) is 0 Å². The van der Waals surface area contributed by atoms with Crippen LogP contribution in [0.4, 0.5) is 4.79 Å². The number of amides is 5.